The van der Waals surface area contributed by atoms with E-state index < -0.39 is 0 Å². The van der Waals surface area contributed by atoms with Crippen LogP contribution in [0.15, 0.2) is 59.8 Å². The van der Waals surface area contributed by atoms with E-state index in [0.29, 0.717) is 11.3 Å². The summed E-state index contributed by atoms with van der Waals surface area (Å²) in [5, 5.41) is 7.92. The van der Waals surface area contributed by atoms with Crippen molar-refractivity contribution in [3.05, 3.63) is 65.9 Å². The van der Waals surface area contributed by atoms with Gasteiger partial charge in [-0.2, -0.15) is 5.10 Å². The van der Waals surface area contributed by atoms with Crippen LogP contribution in [-0.4, -0.2) is 23.0 Å². The number of hydrazone groups is 1. The van der Waals surface area contributed by atoms with Gasteiger partial charge in [0, 0.05) is 39.8 Å². The Morgan fingerprint density at radius 1 is 1.08 bits per heavy atom. The predicted molar refractivity (Wildman–Crippen MR) is 101 cm³/mol. The molecule has 1 saturated carbocycles. The summed E-state index contributed by atoms with van der Waals surface area (Å²) in [4.78, 5) is 27.1. The second-order valence-electron chi connectivity index (χ2n) is 6.33. The number of hydrogen-bond acceptors (Lipinski definition) is 3. The zero-order valence-corrected chi connectivity index (χ0v) is 14.0. The summed E-state index contributed by atoms with van der Waals surface area (Å²) in [6.45, 7) is 0. The molecule has 26 heavy (non-hydrogen) atoms. The molecule has 1 heterocycles. The van der Waals surface area contributed by atoms with Crippen molar-refractivity contribution in [2.45, 2.75) is 12.8 Å². The number of aromatic nitrogens is 1. The number of rotatable bonds is 5. The molecular weight excluding hydrogens is 328 g/mol. The molecule has 0 saturated heterocycles. The van der Waals surface area contributed by atoms with Gasteiger partial charge in [-0.3, -0.25) is 9.59 Å². The summed E-state index contributed by atoms with van der Waals surface area (Å²) >= 11 is 0. The molecule has 0 unspecified atom stereocenters. The molecule has 2 aromatic carbocycles. The van der Waals surface area contributed by atoms with Crippen LogP contribution in [0.25, 0.3) is 10.9 Å². The van der Waals surface area contributed by atoms with Crippen LogP contribution >= 0.6 is 0 Å². The van der Waals surface area contributed by atoms with Crippen LogP contribution in [0.5, 0.6) is 0 Å². The molecule has 4 rings (SSSR count). The number of anilines is 1. The molecule has 0 aliphatic heterocycles. The molecule has 3 N–H and O–H groups in total. The van der Waals surface area contributed by atoms with Crippen molar-refractivity contribution in [2.24, 2.45) is 11.0 Å². The van der Waals surface area contributed by atoms with Crippen LogP contribution in [0.4, 0.5) is 5.69 Å². The van der Waals surface area contributed by atoms with Crippen molar-refractivity contribution >= 4 is 34.6 Å². The largest absolute Gasteiger partial charge is 0.361 e. The average molecular weight is 346 g/mol. The number of aromatic amines is 1. The number of nitrogens with zero attached hydrogens (tertiary/aromatic N) is 1. The SMILES string of the molecule is O=C(NN=Cc1c[nH]c2ccccc12)c1ccc(NC(=O)C2CC2)cc1. The Bertz CT molecular complexity index is 984. The van der Waals surface area contributed by atoms with Gasteiger partial charge in [0.25, 0.3) is 5.91 Å². The minimum Gasteiger partial charge on any atom is -0.361 e. The molecule has 1 aliphatic carbocycles. The van der Waals surface area contributed by atoms with E-state index in [0.717, 1.165) is 29.3 Å². The molecule has 2 amide bonds. The first-order valence-electron chi connectivity index (χ1n) is 8.51. The number of fused-ring (bicyclic) bond motifs is 1. The van der Waals surface area contributed by atoms with Crippen LogP contribution in [-0.2, 0) is 4.79 Å². The average Bonchev–Trinajstić information content (AvgIpc) is 3.44. The smallest absolute Gasteiger partial charge is 0.271 e. The Hall–Kier alpha value is -3.41. The number of H-pyrrole nitrogens is 1. The third-order valence-corrected chi connectivity index (χ3v) is 4.35. The fourth-order valence-corrected chi connectivity index (χ4v) is 2.72. The maximum atomic E-state index is 12.2. The summed E-state index contributed by atoms with van der Waals surface area (Å²) in [6.07, 6.45) is 5.38. The van der Waals surface area contributed by atoms with Crippen LogP contribution in [0.1, 0.15) is 28.8 Å². The van der Waals surface area contributed by atoms with Gasteiger partial charge in [-0.25, -0.2) is 5.43 Å². The Morgan fingerprint density at radius 2 is 1.85 bits per heavy atom. The summed E-state index contributed by atoms with van der Waals surface area (Å²) in [5.74, 6) is -0.108. The Kier molecular flexibility index (Phi) is 4.23. The lowest BCUT2D eigenvalue weighted by atomic mass is 10.2. The van der Waals surface area contributed by atoms with Gasteiger partial charge in [0.2, 0.25) is 5.91 Å². The van der Waals surface area contributed by atoms with E-state index >= 15 is 0 Å². The number of amides is 2. The molecule has 6 nitrogen and oxygen atoms in total. The molecule has 0 radical (unpaired) electrons. The fraction of sp³-hybridized carbons (Fsp3) is 0.150. The number of hydrogen-bond donors (Lipinski definition) is 3. The van der Waals surface area contributed by atoms with Crippen molar-refractivity contribution in [1.82, 2.24) is 10.4 Å². The quantitative estimate of drug-likeness (QED) is 0.489. The maximum Gasteiger partial charge on any atom is 0.271 e. The lowest BCUT2D eigenvalue weighted by Gasteiger charge is -2.05. The monoisotopic (exact) mass is 346 g/mol. The lowest BCUT2D eigenvalue weighted by Crippen LogP contribution is -2.18. The third kappa shape index (κ3) is 3.49. The van der Waals surface area contributed by atoms with Gasteiger partial charge in [0.1, 0.15) is 0 Å². The summed E-state index contributed by atoms with van der Waals surface area (Å²) in [6, 6.07) is 14.7. The van der Waals surface area contributed by atoms with Gasteiger partial charge < -0.3 is 10.3 Å². The number of carbonyl (C=O) groups is 2. The highest BCUT2D eigenvalue weighted by atomic mass is 16.2. The highest BCUT2D eigenvalue weighted by Gasteiger charge is 2.29. The van der Waals surface area contributed by atoms with E-state index in [1.807, 2.05) is 30.5 Å². The van der Waals surface area contributed by atoms with Crippen LogP contribution in [0.3, 0.4) is 0 Å². The molecular formula is C20H18N4O2. The Morgan fingerprint density at radius 3 is 2.62 bits per heavy atom. The summed E-state index contributed by atoms with van der Waals surface area (Å²) in [7, 11) is 0. The van der Waals surface area contributed by atoms with Crippen LogP contribution in [0.2, 0.25) is 0 Å². The van der Waals surface area contributed by atoms with Gasteiger partial charge in [-0.15, -0.1) is 0 Å². The predicted octanol–water partition coefficient (Wildman–Crippen LogP) is 3.28. The van der Waals surface area contributed by atoms with E-state index in [2.05, 4.69) is 20.8 Å². The van der Waals surface area contributed by atoms with Crippen molar-refractivity contribution in [2.75, 3.05) is 5.32 Å². The van der Waals surface area contributed by atoms with Gasteiger partial charge >= 0.3 is 0 Å². The third-order valence-electron chi connectivity index (χ3n) is 4.35. The molecule has 0 spiro atoms. The molecule has 0 atom stereocenters. The number of para-hydroxylation sites is 1. The second kappa shape index (κ2) is 6.84. The number of carbonyl (C=O) groups excluding carboxylic acids is 2. The molecule has 3 aromatic rings. The van der Waals surface area contributed by atoms with Crippen LogP contribution in [0, 0.1) is 5.92 Å². The van der Waals surface area contributed by atoms with Crippen molar-refractivity contribution in [3.63, 3.8) is 0 Å². The lowest BCUT2D eigenvalue weighted by molar-refractivity contribution is -0.117. The summed E-state index contributed by atoms with van der Waals surface area (Å²) < 4.78 is 0. The first-order valence-corrected chi connectivity index (χ1v) is 8.51. The molecule has 130 valence electrons. The summed E-state index contributed by atoms with van der Waals surface area (Å²) in [5.41, 5.74) is 5.61. The minimum atomic E-state index is -0.304. The standard InChI is InChI=1S/C20H18N4O2/c25-19(13-5-6-13)23-16-9-7-14(8-10-16)20(26)24-22-12-15-11-21-18-4-2-1-3-17(15)18/h1-4,7-13,21H,5-6H2,(H,23,25)(H,24,26). The maximum absolute atomic E-state index is 12.2. The topological polar surface area (TPSA) is 86.3 Å². The molecule has 0 bridgehead atoms. The van der Waals surface area contributed by atoms with Crippen molar-refractivity contribution in [3.8, 4) is 0 Å². The van der Waals surface area contributed by atoms with E-state index in [9.17, 15) is 9.59 Å². The normalized spacial score (nSPS) is 13.8. The van der Waals surface area contributed by atoms with E-state index in [1.165, 1.54) is 0 Å². The van der Waals surface area contributed by atoms with Gasteiger partial charge in [-0.05, 0) is 43.2 Å². The second-order valence-corrected chi connectivity index (χ2v) is 6.33. The van der Waals surface area contributed by atoms with Gasteiger partial charge in [0.05, 0.1) is 6.21 Å². The molecule has 6 heteroatoms. The van der Waals surface area contributed by atoms with Gasteiger partial charge in [-0.1, -0.05) is 18.2 Å². The Labute approximate surface area is 150 Å². The first kappa shape index (κ1) is 16.1. The highest BCUT2D eigenvalue weighted by Crippen LogP contribution is 2.30. The zero-order valence-electron chi connectivity index (χ0n) is 14.0. The van der Waals surface area contributed by atoms with Crippen LogP contribution < -0.4 is 10.7 Å². The van der Waals surface area contributed by atoms with E-state index in [-0.39, 0.29) is 17.7 Å². The zero-order chi connectivity index (χ0) is 17.9. The Balaban J connectivity index is 1.37. The highest BCUT2D eigenvalue weighted by molar-refractivity contribution is 6.00. The first-order chi connectivity index (χ1) is 12.7. The molecule has 1 fully saturated rings. The minimum absolute atomic E-state index is 0.0468. The fourth-order valence-electron chi connectivity index (χ4n) is 2.72. The van der Waals surface area contributed by atoms with Crippen molar-refractivity contribution in [1.29, 1.82) is 0 Å². The number of nitrogens with one attached hydrogen (secondary N) is 3. The van der Waals surface area contributed by atoms with Gasteiger partial charge in [0.15, 0.2) is 0 Å². The molecule has 1 aromatic heterocycles. The van der Waals surface area contributed by atoms with E-state index in [1.54, 1.807) is 30.5 Å². The van der Waals surface area contributed by atoms with E-state index in [4.69, 9.17) is 0 Å². The molecule has 1 aliphatic rings. The number of benzene rings is 2. The van der Waals surface area contributed by atoms with Crippen molar-refractivity contribution < 1.29 is 9.59 Å².